The van der Waals surface area contributed by atoms with Crippen molar-refractivity contribution in [2.45, 2.75) is 32.7 Å². The molecule has 0 aliphatic carbocycles. The van der Waals surface area contributed by atoms with E-state index in [2.05, 4.69) is 0 Å². The Kier molecular flexibility index (Phi) is 4.07. The second kappa shape index (κ2) is 5.12. The van der Waals surface area contributed by atoms with Gasteiger partial charge in [-0.3, -0.25) is 4.79 Å². The van der Waals surface area contributed by atoms with E-state index in [1.807, 2.05) is 26.0 Å². The molecule has 0 heterocycles. The van der Waals surface area contributed by atoms with Crippen molar-refractivity contribution in [2.75, 3.05) is 6.61 Å². The van der Waals surface area contributed by atoms with Crippen molar-refractivity contribution < 1.29 is 9.53 Å². The molecule has 0 aromatic heterocycles. The van der Waals surface area contributed by atoms with E-state index in [0.717, 1.165) is 0 Å². The highest BCUT2D eigenvalue weighted by atomic mass is 16.5. The fraction of sp³-hybridized carbons (Fsp3) is 0.462. The van der Waals surface area contributed by atoms with Crippen LogP contribution in [0.1, 0.15) is 37.6 Å². The van der Waals surface area contributed by atoms with Crippen LogP contribution in [-0.2, 0) is 0 Å². The van der Waals surface area contributed by atoms with Gasteiger partial charge < -0.3 is 10.5 Å². The summed E-state index contributed by atoms with van der Waals surface area (Å²) in [6.45, 7) is 6.08. The number of rotatable bonds is 5. The van der Waals surface area contributed by atoms with Crippen molar-refractivity contribution in [3.05, 3.63) is 29.8 Å². The SMILES string of the molecule is CCOc1ccccc1C(=O)C(C)(N)CC. The van der Waals surface area contributed by atoms with Crippen molar-refractivity contribution in [2.24, 2.45) is 5.73 Å². The van der Waals surface area contributed by atoms with Crippen molar-refractivity contribution in [1.29, 1.82) is 0 Å². The lowest BCUT2D eigenvalue weighted by Crippen LogP contribution is -2.44. The molecular weight excluding hydrogens is 202 g/mol. The smallest absolute Gasteiger partial charge is 0.186 e. The lowest BCUT2D eigenvalue weighted by Gasteiger charge is -2.22. The second-order valence-corrected chi connectivity index (χ2v) is 4.03. The molecule has 0 aliphatic rings. The molecular formula is C13H19NO2. The van der Waals surface area contributed by atoms with Crippen molar-refractivity contribution in [1.82, 2.24) is 0 Å². The number of ketones is 1. The zero-order valence-electron chi connectivity index (χ0n) is 10.1. The molecule has 1 aromatic rings. The number of benzene rings is 1. The molecule has 88 valence electrons. The van der Waals surface area contributed by atoms with Crippen LogP contribution in [0.5, 0.6) is 5.75 Å². The summed E-state index contributed by atoms with van der Waals surface area (Å²) in [5.41, 5.74) is 5.69. The monoisotopic (exact) mass is 221 g/mol. The molecule has 3 heteroatoms. The van der Waals surface area contributed by atoms with Crippen molar-refractivity contribution >= 4 is 5.78 Å². The predicted molar refractivity (Wildman–Crippen MR) is 64.8 cm³/mol. The Hall–Kier alpha value is -1.35. The fourth-order valence-corrected chi connectivity index (χ4v) is 1.40. The molecule has 1 unspecified atom stereocenters. The Morgan fingerprint density at radius 2 is 2.00 bits per heavy atom. The third-order valence-electron chi connectivity index (χ3n) is 2.68. The van der Waals surface area contributed by atoms with E-state index < -0.39 is 5.54 Å². The van der Waals surface area contributed by atoms with E-state index in [1.54, 1.807) is 19.1 Å². The maximum Gasteiger partial charge on any atom is 0.186 e. The summed E-state index contributed by atoms with van der Waals surface area (Å²) in [4.78, 5) is 12.2. The Morgan fingerprint density at radius 1 is 1.38 bits per heavy atom. The van der Waals surface area contributed by atoms with Gasteiger partial charge in [-0.05, 0) is 32.4 Å². The van der Waals surface area contributed by atoms with Gasteiger partial charge in [-0.15, -0.1) is 0 Å². The third kappa shape index (κ3) is 2.61. The topological polar surface area (TPSA) is 52.3 Å². The van der Waals surface area contributed by atoms with Crippen molar-refractivity contribution in [3.63, 3.8) is 0 Å². The number of hydrogen-bond donors (Lipinski definition) is 1. The minimum atomic E-state index is -0.826. The lowest BCUT2D eigenvalue weighted by molar-refractivity contribution is 0.0894. The van der Waals surface area contributed by atoms with Crippen LogP contribution in [0.2, 0.25) is 0 Å². The van der Waals surface area contributed by atoms with Gasteiger partial charge in [-0.1, -0.05) is 19.1 Å². The van der Waals surface area contributed by atoms with E-state index in [-0.39, 0.29) is 5.78 Å². The van der Waals surface area contributed by atoms with E-state index in [1.165, 1.54) is 0 Å². The van der Waals surface area contributed by atoms with Crippen LogP contribution >= 0.6 is 0 Å². The number of Topliss-reactive ketones (excluding diaryl/α,β-unsaturated/α-hetero) is 1. The molecule has 0 fully saturated rings. The standard InChI is InChI=1S/C13H19NO2/c1-4-13(3,14)12(15)10-8-6-7-9-11(10)16-5-2/h6-9H,4-5,14H2,1-3H3. The van der Waals surface area contributed by atoms with Crippen molar-refractivity contribution in [3.8, 4) is 5.75 Å². The molecule has 0 radical (unpaired) electrons. The summed E-state index contributed by atoms with van der Waals surface area (Å²) in [5.74, 6) is 0.541. The summed E-state index contributed by atoms with van der Waals surface area (Å²) in [6.07, 6.45) is 0.603. The highest BCUT2D eigenvalue weighted by Crippen LogP contribution is 2.23. The molecule has 0 saturated heterocycles. The van der Waals surface area contributed by atoms with E-state index >= 15 is 0 Å². The van der Waals surface area contributed by atoms with E-state index in [9.17, 15) is 4.79 Å². The van der Waals surface area contributed by atoms with Crippen LogP contribution < -0.4 is 10.5 Å². The number of carbonyl (C=O) groups excluding carboxylic acids is 1. The number of para-hydroxylation sites is 1. The Labute approximate surface area is 96.6 Å². The van der Waals surface area contributed by atoms with Crippen LogP contribution in [0, 0.1) is 0 Å². The average Bonchev–Trinajstić information content (AvgIpc) is 2.29. The normalized spacial score (nSPS) is 14.2. The lowest BCUT2D eigenvalue weighted by atomic mass is 9.89. The van der Waals surface area contributed by atoms with Crippen LogP contribution in [0.3, 0.4) is 0 Å². The minimum absolute atomic E-state index is 0.0703. The Bertz CT molecular complexity index is 372. The average molecular weight is 221 g/mol. The van der Waals surface area contributed by atoms with E-state index in [0.29, 0.717) is 24.3 Å². The summed E-state index contributed by atoms with van der Waals surface area (Å²) in [6, 6.07) is 7.22. The number of hydrogen-bond acceptors (Lipinski definition) is 3. The molecule has 0 bridgehead atoms. The summed E-state index contributed by atoms with van der Waals surface area (Å²) < 4.78 is 5.42. The largest absolute Gasteiger partial charge is 0.493 e. The van der Waals surface area contributed by atoms with Crippen LogP contribution in [0.15, 0.2) is 24.3 Å². The zero-order valence-corrected chi connectivity index (χ0v) is 10.1. The van der Waals surface area contributed by atoms with Gasteiger partial charge in [-0.25, -0.2) is 0 Å². The highest BCUT2D eigenvalue weighted by molar-refractivity contribution is 6.04. The molecule has 16 heavy (non-hydrogen) atoms. The zero-order chi connectivity index (χ0) is 12.2. The molecule has 0 saturated carbocycles. The first-order chi connectivity index (χ1) is 7.53. The molecule has 2 N–H and O–H groups in total. The van der Waals surface area contributed by atoms with Crippen LogP contribution in [0.25, 0.3) is 0 Å². The first-order valence-electron chi connectivity index (χ1n) is 5.58. The van der Waals surface area contributed by atoms with Gasteiger partial charge in [0.1, 0.15) is 5.75 Å². The molecule has 0 aliphatic heterocycles. The number of carbonyl (C=O) groups is 1. The summed E-state index contributed by atoms with van der Waals surface area (Å²) in [7, 11) is 0. The fourth-order valence-electron chi connectivity index (χ4n) is 1.40. The van der Waals surface area contributed by atoms with Gasteiger partial charge in [0, 0.05) is 0 Å². The molecule has 0 spiro atoms. The Morgan fingerprint density at radius 3 is 2.56 bits per heavy atom. The maximum atomic E-state index is 12.2. The first kappa shape index (κ1) is 12.7. The highest BCUT2D eigenvalue weighted by Gasteiger charge is 2.29. The molecule has 1 aromatic carbocycles. The molecule has 3 nitrogen and oxygen atoms in total. The number of ether oxygens (including phenoxy) is 1. The van der Waals surface area contributed by atoms with Gasteiger partial charge in [-0.2, -0.15) is 0 Å². The van der Waals surface area contributed by atoms with Gasteiger partial charge in [0.15, 0.2) is 5.78 Å². The minimum Gasteiger partial charge on any atom is -0.493 e. The van der Waals surface area contributed by atoms with Crippen LogP contribution in [0.4, 0.5) is 0 Å². The Balaban J connectivity index is 3.08. The quantitative estimate of drug-likeness (QED) is 0.777. The molecule has 1 rings (SSSR count). The summed E-state index contributed by atoms with van der Waals surface area (Å²) >= 11 is 0. The predicted octanol–water partition coefficient (Wildman–Crippen LogP) is 2.40. The molecule has 0 amide bonds. The summed E-state index contributed by atoms with van der Waals surface area (Å²) in [5, 5.41) is 0. The number of nitrogens with two attached hydrogens (primary N) is 1. The van der Waals surface area contributed by atoms with Gasteiger partial charge in [0.05, 0.1) is 17.7 Å². The van der Waals surface area contributed by atoms with Gasteiger partial charge in [0.25, 0.3) is 0 Å². The van der Waals surface area contributed by atoms with Gasteiger partial charge in [0.2, 0.25) is 0 Å². The first-order valence-corrected chi connectivity index (χ1v) is 5.58. The van der Waals surface area contributed by atoms with Crippen LogP contribution in [-0.4, -0.2) is 17.9 Å². The second-order valence-electron chi connectivity index (χ2n) is 4.03. The van der Waals surface area contributed by atoms with Gasteiger partial charge >= 0.3 is 0 Å². The molecule has 1 atom stereocenters. The third-order valence-corrected chi connectivity index (χ3v) is 2.68. The maximum absolute atomic E-state index is 12.2. The van der Waals surface area contributed by atoms with E-state index in [4.69, 9.17) is 10.5 Å².